The van der Waals surface area contributed by atoms with E-state index in [1.165, 1.54) is 7.11 Å². The molecule has 4 nitrogen and oxygen atoms in total. The van der Waals surface area contributed by atoms with Crippen LogP contribution in [-0.2, 0) is 11.3 Å². The molecule has 0 saturated heterocycles. The number of methoxy groups -OCH3 is 1. The van der Waals surface area contributed by atoms with Crippen LogP contribution in [0.3, 0.4) is 0 Å². The van der Waals surface area contributed by atoms with Gasteiger partial charge in [0.05, 0.1) is 18.4 Å². The molecule has 0 aliphatic rings. The maximum Gasteiger partial charge on any atom is 0.339 e. The van der Waals surface area contributed by atoms with E-state index < -0.39 is 0 Å². The second-order valence-corrected chi connectivity index (χ2v) is 4.16. The van der Waals surface area contributed by atoms with E-state index in [0.29, 0.717) is 12.1 Å². The number of carbonyl (C=O) groups excluding carboxylic acids is 1. The van der Waals surface area contributed by atoms with Gasteiger partial charge in [0, 0.05) is 30.2 Å². The molecule has 0 fully saturated rings. The number of hydrogen-bond donors (Lipinski definition) is 0. The Bertz CT molecular complexity index is 600. The smallest absolute Gasteiger partial charge is 0.339 e. The van der Waals surface area contributed by atoms with Gasteiger partial charge in [-0.2, -0.15) is 0 Å². The van der Waals surface area contributed by atoms with Gasteiger partial charge < -0.3 is 9.30 Å². The van der Waals surface area contributed by atoms with Crippen molar-refractivity contribution in [2.45, 2.75) is 13.5 Å². The van der Waals surface area contributed by atoms with Crippen molar-refractivity contribution in [1.82, 2.24) is 9.55 Å². The highest BCUT2D eigenvalue weighted by Crippen LogP contribution is 2.25. The first-order valence-electron chi connectivity index (χ1n) is 5.98. The van der Waals surface area contributed by atoms with Crippen LogP contribution in [0.1, 0.15) is 16.1 Å². The maximum atomic E-state index is 11.8. The van der Waals surface area contributed by atoms with Gasteiger partial charge in [-0.25, -0.2) is 4.79 Å². The Balaban J connectivity index is 2.59. The fraction of sp³-hybridized carbons (Fsp3) is 0.200. The third-order valence-electron chi connectivity index (χ3n) is 3.04. The molecule has 0 aliphatic carbocycles. The molecule has 0 N–H and O–H groups in total. The van der Waals surface area contributed by atoms with Crippen LogP contribution in [0.15, 0.2) is 43.2 Å². The van der Waals surface area contributed by atoms with Crippen molar-refractivity contribution in [1.29, 1.82) is 0 Å². The lowest BCUT2D eigenvalue weighted by atomic mass is 10.2. The molecule has 2 rings (SSSR count). The Morgan fingerprint density at radius 3 is 2.95 bits per heavy atom. The summed E-state index contributed by atoms with van der Waals surface area (Å²) in [6.07, 6.45) is 5.29. The summed E-state index contributed by atoms with van der Waals surface area (Å²) in [5.41, 5.74) is 3.34. The highest BCUT2D eigenvalue weighted by Gasteiger charge is 2.18. The Hall–Kier alpha value is -2.36. The number of rotatable bonds is 4. The van der Waals surface area contributed by atoms with Crippen LogP contribution in [0, 0.1) is 6.92 Å². The number of pyridine rings is 1. The van der Waals surface area contributed by atoms with Crippen LogP contribution >= 0.6 is 0 Å². The van der Waals surface area contributed by atoms with Gasteiger partial charge in [0.15, 0.2) is 0 Å². The SMILES string of the molecule is C=CCn1c(-c2cccnc2)cc(C(=O)OC)c1C. The van der Waals surface area contributed by atoms with Crippen molar-refractivity contribution >= 4 is 5.97 Å². The van der Waals surface area contributed by atoms with Gasteiger partial charge >= 0.3 is 5.97 Å². The predicted molar refractivity (Wildman–Crippen MR) is 73.9 cm³/mol. The van der Waals surface area contributed by atoms with E-state index >= 15 is 0 Å². The van der Waals surface area contributed by atoms with E-state index in [9.17, 15) is 4.79 Å². The molecule has 2 aromatic heterocycles. The number of aromatic nitrogens is 2. The Kier molecular flexibility index (Phi) is 3.80. The minimum Gasteiger partial charge on any atom is -0.465 e. The lowest BCUT2D eigenvalue weighted by Gasteiger charge is -2.09. The first-order chi connectivity index (χ1) is 9.19. The molecule has 19 heavy (non-hydrogen) atoms. The molecular weight excluding hydrogens is 240 g/mol. The van der Waals surface area contributed by atoms with Crippen LogP contribution < -0.4 is 0 Å². The van der Waals surface area contributed by atoms with Crippen LogP contribution in [-0.4, -0.2) is 22.6 Å². The molecule has 0 saturated carbocycles. The minimum absolute atomic E-state index is 0.328. The Labute approximate surface area is 112 Å². The summed E-state index contributed by atoms with van der Waals surface area (Å²) in [4.78, 5) is 15.9. The molecule has 0 bridgehead atoms. The van der Waals surface area contributed by atoms with Gasteiger partial charge in [-0.1, -0.05) is 6.08 Å². The quantitative estimate of drug-likeness (QED) is 0.624. The highest BCUT2D eigenvalue weighted by atomic mass is 16.5. The molecule has 0 atom stereocenters. The standard InChI is InChI=1S/C15H16N2O2/c1-4-8-17-11(2)13(15(18)19-3)9-14(17)12-6-5-7-16-10-12/h4-7,9-10H,1,8H2,2-3H3. The lowest BCUT2D eigenvalue weighted by Crippen LogP contribution is -2.05. The first kappa shape index (κ1) is 13.1. The lowest BCUT2D eigenvalue weighted by molar-refractivity contribution is 0.0600. The zero-order valence-corrected chi connectivity index (χ0v) is 11.1. The molecule has 0 unspecified atom stereocenters. The molecule has 4 heteroatoms. The van der Waals surface area contributed by atoms with Crippen LogP contribution in [0.4, 0.5) is 0 Å². The largest absolute Gasteiger partial charge is 0.465 e. The summed E-state index contributed by atoms with van der Waals surface area (Å²) < 4.78 is 6.83. The van der Waals surface area contributed by atoms with Crippen molar-refractivity contribution in [3.05, 3.63) is 54.5 Å². The third-order valence-corrected chi connectivity index (χ3v) is 3.04. The second kappa shape index (κ2) is 5.52. The van der Waals surface area contributed by atoms with Gasteiger partial charge in [0.25, 0.3) is 0 Å². The zero-order valence-electron chi connectivity index (χ0n) is 11.1. The maximum absolute atomic E-state index is 11.8. The van der Waals surface area contributed by atoms with Gasteiger partial charge in [0.1, 0.15) is 0 Å². The van der Waals surface area contributed by atoms with Crippen LogP contribution in [0.2, 0.25) is 0 Å². The summed E-state index contributed by atoms with van der Waals surface area (Å²) in [5.74, 6) is -0.328. The van der Waals surface area contributed by atoms with Crippen LogP contribution in [0.5, 0.6) is 0 Å². The number of esters is 1. The van der Waals surface area contributed by atoms with Gasteiger partial charge in [-0.15, -0.1) is 6.58 Å². The van der Waals surface area contributed by atoms with Crippen molar-refractivity contribution in [3.8, 4) is 11.3 Å². The number of ether oxygens (including phenoxy) is 1. The number of hydrogen-bond acceptors (Lipinski definition) is 3. The molecule has 0 spiro atoms. The summed E-state index contributed by atoms with van der Waals surface area (Å²) in [6, 6.07) is 5.66. The molecule has 0 radical (unpaired) electrons. The first-order valence-corrected chi connectivity index (χ1v) is 5.98. The van der Waals surface area contributed by atoms with Gasteiger partial charge in [-0.3, -0.25) is 4.98 Å². The van der Waals surface area contributed by atoms with Gasteiger partial charge in [-0.05, 0) is 25.1 Å². The predicted octanol–water partition coefficient (Wildman–Crippen LogP) is 2.83. The average molecular weight is 256 g/mol. The highest BCUT2D eigenvalue weighted by molar-refractivity contribution is 5.92. The van der Waals surface area contributed by atoms with E-state index in [4.69, 9.17) is 4.74 Å². The molecule has 0 aliphatic heterocycles. The van der Waals surface area contributed by atoms with E-state index in [1.54, 1.807) is 18.5 Å². The summed E-state index contributed by atoms with van der Waals surface area (Å²) in [7, 11) is 1.39. The molecule has 0 aromatic carbocycles. The van der Waals surface area contributed by atoms with Crippen molar-refractivity contribution < 1.29 is 9.53 Å². The molecule has 2 aromatic rings. The fourth-order valence-corrected chi connectivity index (χ4v) is 2.08. The summed E-state index contributed by atoms with van der Waals surface area (Å²) in [5, 5.41) is 0. The summed E-state index contributed by atoms with van der Waals surface area (Å²) >= 11 is 0. The number of carbonyl (C=O) groups is 1. The number of allylic oxidation sites excluding steroid dienone is 1. The summed E-state index contributed by atoms with van der Waals surface area (Å²) in [6.45, 7) is 6.28. The third kappa shape index (κ3) is 2.42. The monoisotopic (exact) mass is 256 g/mol. The molecule has 98 valence electrons. The number of nitrogens with zero attached hydrogens (tertiary/aromatic N) is 2. The van der Waals surface area contributed by atoms with Gasteiger partial charge in [0.2, 0.25) is 0 Å². The normalized spacial score (nSPS) is 10.2. The topological polar surface area (TPSA) is 44.1 Å². The molecular formula is C15H16N2O2. The van der Waals surface area contributed by atoms with Crippen molar-refractivity contribution in [2.75, 3.05) is 7.11 Å². The van der Waals surface area contributed by atoms with E-state index in [-0.39, 0.29) is 5.97 Å². The Morgan fingerprint density at radius 1 is 1.58 bits per heavy atom. The fourth-order valence-electron chi connectivity index (χ4n) is 2.08. The minimum atomic E-state index is -0.328. The molecule has 0 amide bonds. The van der Waals surface area contributed by atoms with E-state index in [2.05, 4.69) is 11.6 Å². The van der Waals surface area contributed by atoms with E-state index in [0.717, 1.165) is 17.0 Å². The van der Waals surface area contributed by atoms with Crippen LogP contribution in [0.25, 0.3) is 11.3 Å². The Morgan fingerprint density at radius 2 is 2.37 bits per heavy atom. The molecule has 2 heterocycles. The second-order valence-electron chi connectivity index (χ2n) is 4.16. The van der Waals surface area contributed by atoms with Crippen molar-refractivity contribution in [3.63, 3.8) is 0 Å². The average Bonchev–Trinajstić information content (AvgIpc) is 2.77. The zero-order chi connectivity index (χ0) is 13.8. The van der Waals surface area contributed by atoms with E-state index in [1.807, 2.05) is 29.7 Å². The van der Waals surface area contributed by atoms with Crippen molar-refractivity contribution in [2.24, 2.45) is 0 Å².